The number of carbonyl (C=O) groups excluding carboxylic acids is 1. The van der Waals surface area contributed by atoms with Crippen LogP contribution in [0.15, 0.2) is 23.3 Å². The molecule has 2 nitrogen and oxygen atoms in total. The number of hydrogen-bond donors (Lipinski definition) is 0. The Hall–Kier alpha value is -1.05. The molecular formula is C22H38O2. The lowest BCUT2D eigenvalue weighted by molar-refractivity contribution is -0.143. The minimum atomic E-state index is -0.0929. The Morgan fingerprint density at radius 3 is 2.29 bits per heavy atom. The molecule has 24 heavy (non-hydrogen) atoms. The van der Waals surface area contributed by atoms with Crippen LogP contribution in [0.2, 0.25) is 0 Å². The molecule has 0 aromatic heterocycles. The molecule has 0 aliphatic carbocycles. The average Bonchev–Trinajstić information content (AvgIpc) is 2.55. The smallest absolute Gasteiger partial charge is 0.334 e. The van der Waals surface area contributed by atoms with Crippen LogP contribution in [0.3, 0.4) is 0 Å². The number of esters is 1. The normalized spacial score (nSPS) is 17.6. The molecule has 0 amide bonds. The highest BCUT2D eigenvalue weighted by Crippen LogP contribution is 2.36. The van der Waals surface area contributed by atoms with E-state index >= 15 is 0 Å². The second-order valence-electron chi connectivity index (χ2n) is 7.77. The van der Waals surface area contributed by atoms with E-state index in [1.807, 2.05) is 0 Å². The Morgan fingerprint density at radius 1 is 0.958 bits per heavy atom. The predicted octanol–water partition coefficient (Wildman–Crippen LogP) is 6.75. The Labute approximate surface area is 149 Å². The van der Waals surface area contributed by atoms with E-state index < -0.39 is 0 Å². The van der Waals surface area contributed by atoms with E-state index in [1.165, 1.54) is 56.9 Å². The Bertz CT molecular complexity index is 429. The first-order valence-corrected chi connectivity index (χ1v) is 10.1. The zero-order valence-electron chi connectivity index (χ0n) is 16.5. The van der Waals surface area contributed by atoms with Gasteiger partial charge in [-0.15, -0.1) is 0 Å². The van der Waals surface area contributed by atoms with Gasteiger partial charge in [0.2, 0.25) is 0 Å². The number of carbonyl (C=O) groups is 1. The van der Waals surface area contributed by atoms with Crippen molar-refractivity contribution in [2.45, 2.75) is 98.3 Å². The van der Waals surface area contributed by atoms with E-state index in [2.05, 4.69) is 39.8 Å². The van der Waals surface area contributed by atoms with Crippen LogP contribution in [0.1, 0.15) is 98.3 Å². The zero-order valence-corrected chi connectivity index (χ0v) is 16.5. The molecule has 1 aliphatic rings. The summed E-state index contributed by atoms with van der Waals surface area (Å²) in [5, 5.41) is 0. The van der Waals surface area contributed by atoms with Gasteiger partial charge >= 0.3 is 5.97 Å². The van der Waals surface area contributed by atoms with Gasteiger partial charge < -0.3 is 4.74 Å². The van der Waals surface area contributed by atoms with Crippen molar-refractivity contribution in [1.29, 1.82) is 0 Å². The van der Waals surface area contributed by atoms with Gasteiger partial charge in [-0.25, -0.2) is 4.79 Å². The summed E-state index contributed by atoms with van der Waals surface area (Å²) in [4.78, 5) is 12.2. The molecule has 0 saturated heterocycles. The van der Waals surface area contributed by atoms with E-state index in [4.69, 9.17) is 4.74 Å². The van der Waals surface area contributed by atoms with Gasteiger partial charge in [0.25, 0.3) is 0 Å². The third-order valence-corrected chi connectivity index (χ3v) is 4.90. The second kappa shape index (κ2) is 11.5. The van der Waals surface area contributed by atoms with Gasteiger partial charge in [0, 0.05) is 11.0 Å². The monoisotopic (exact) mass is 334 g/mol. The van der Waals surface area contributed by atoms with Gasteiger partial charge in [0.1, 0.15) is 6.61 Å². The van der Waals surface area contributed by atoms with E-state index in [0.29, 0.717) is 6.61 Å². The number of rotatable bonds is 12. The molecular weight excluding hydrogens is 296 g/mol. The summed E-state index contributed by atoms with van der Waals surface area (Å²) >= 11 is 0. The van der Waals surface area contributed by atoms with Crippen molar-refractivity contribution in [3.8, 4) is 0 Å². The molecule has 0 aromatic carbocycles. The first-order chi connectivity index (χ1) is 11.5. The SMILES string of the molecule is CCCCCCCC/C=C\C1=C(CCCCC)C(=O)OCC1(C)C. The summed E-state index contributed by atoms with van der Waals surface area (Å²) in [5.41, 5.74) is 2.06. The minimum absolute atomic E-state index is 0.0624. The van der Waals surface area contributed by atoms with Crippen LogP contribution < -0.4 is 0 Å². The molecule has 1 heterocycles. The summed E-state index contributed by atoms with van der Waals surface area (Å²) in [6.45, 7) is 9.32. The summed E-state index contributed by atoms with van der Waals surface area (Å²) in [5.74, 6) is -0.0929. The highest BCUT2D eigenvalue weighted by molar-refractivity contribution is 5.91. The first-order valence-electron chi connectivity index (χ1n) is 10.1. The highest BCUT2D eigenvalue weighted by Gasteiger charge is 2.33. The van der Waals surface area contributed by atoms with Crippen LogP contribution in [-0.2, 0) is 9.53 Å². The van der Waals surface area contributed by atoms with Crippen molar-refractivity contribution in [3.63, 3.8) is 0 Å². The van der Waals surface area contributed by atoms with E-state index in [1.54, 1.807) is 0 Å². The van der Waals surface area contributed by atoms with Crippen LogP contribution in [-0.4, -0.2) is 12.6 Å². The fourth-order valence-corrected chi connectivity index (χ4v) is 3.29. The first kappa shape index (κ1) is 21.0. The topological polar surface area (TPSA) is 26.3 Å². The third-order valence-electron chi connectivity index (χ3n) is 4.90. The summed E-state index contributed by atoms with van der Waals surface area (Å²) < 4.78 is 5.42. The van der Waals surface area contributed by atoms with Gasteiger partial charge in [-0.1, -0.05) is 84.8 Å². The molecule has 1 rings (SSSR count). The molecule has 0 aromatic rings. The standard InChI is InChI=1S/C22H38O2/c1-5-7-9-10-11-12-13-15-17-20-19(16-14-8-6-2)21(23)24-18-22(20,3)4/h15,17H,5-14,16,18H2,1-4H3/b17-15-. The lowest BCUT2D eigenvalue weighted by Gasteiger charge is -2.33. The summed E-state index contributed by atoms with van der Waals surface area (Å²) in [6.07, 6.45) is 17.8. The second-order valence-corrected chi connectivity index (χ2v) is 7.77. The van der Waals surface area contributed by atoms with Crippen molar-refractivity contribution in [2.24, 2.45) is 5.41 Å². The molecule has 0 unspecified atom stereocenters. The van der Waals surface area contributed by atoms with Gasteiger partial charge in [-0.3, -0.25) is 0 Å². The lowest BCUT2D eigenvalue weighted by Crippen LogP contribution is -2.31. The quantitative estimate of drug-likeness (QED) is 0.291. The Kier molecular flexibility index (Phi) is 10.1. The van der Waals surface area contributed by atoms with Crippen LogP contribution >= 0.6 is 0 Å². The average molecular weight is 335 g/mol. The van der Waals surface area contributed by atoms with Gasteiger partial charge in [0.15, 0.2) is 0 Å². The number of unbranched alkanes of at least 4 members (excludes halogenated alkanes) is 8. The van der Waals surface area contributed by atoms with Crippen molar-refractivity contribution in [1.82, 2.24) is 0 Å². The van der Waals surface area contributed by atoms with Crippen LogP contribution in [0.25, 0.3) is 0 Å². The fraction of sp³-hybridized carbons (Fsp3) is 0.773. The van der Waals surface area contributed by atoms with Gasteiger partial charge in [0.05, 0.1) is 0 Å². The Balaban J connectivity index is 2.60. The van der Waals surface area contributed by atoms with Crippen molar-refractivity contribution < 1.29 is 9.53 Å². The summed E-state index contributed by atoms with van der Waals surface area (Å²) in [7, 11) is 0. The molecule has 1 aliphatic heterocycles. The van der Waals surface area contributed by atoms with Crippen molar-refractivity contribution in [2.75, 3.05) is 6.61 Å². The van der Waals surface area contributed by atoms with Gasteiger partial charge in [-0.05, 0) is 31.3 Å². The van der Waals surface area contributed by atoms with E-state index in [-0.39, 0.29) is 11.4 Å². The molecule has 0 radical (unpaired) electrons. The maximum Gasteiger partial charge on any atom is 0.334 e. The number of hydrogen-bond acceptors (Lipinski definition) is 2. The zero-order chi connectivity index (χ0) is 17.8. The molecule has 0 N–H and O–H groups in total. The van der Waals surface area contributed by atoms with Crippen LogP contribution in [0.5, 0.6) is 0 Å². The maximum atomic E-state index is 12.2. The molecule has 138 valence electrons. The van der Waals surface area contributed by atoms with E-state index in [0.717, 1.165) is 24.8 Å². The maximum absolute atomic E-state index is 12.2. The lowest BCUT2D eigenvalue weighted by atomic mass is 9.79. The minimum Gasteiger partial charge on any atom is -0.461 e. The molecule has 0 atom stereocenters. The molecule has 0 fully saturated rings. The number of ether oxygens (including phenoxy) is 1. The fourth-order valence-electron chi connectivity index (χ4n) is 3.29. The van der Waals surface area contributed by atoms with Crippen molar-refractivity contribution in [3.05, 3.63) is 23.3 Å². The molecule has 0 saturated carbocycles. The third kappa shape index (κ3) is 7.23. The van der Waals surface area contributed by atoms with Crippen LogP contribution in [0.4, 0.5) is 0 Å². The number of allylic oxidation sites excluding steroid dienone is 2. The number of cyclic esters (lactones) is 1. The van der Waals surface area contributed by atoms with Crippen LogP contribution in [0, 0.1) is 5.41 Å². The molecule has 0 spiro atoms. The molecule has 0 bridgehead atoms. The van der Waals surface area contributed by atoms with Crippen molar-refractivity contribution >= 4 is 5.97 Å². The largest absolute Gasteiger partial charge is 0.461 e. The highest BCUT2D eigenvalue weighted by atomic mass is 16.5. The van der Waals surface area contributed by atoms with E-state index in [9.17, 15) is 4.79 Å². The van der Waals surface area contributed by atoms with Gasteiger partial charge in [-0.2, -0.15) is 0 Å². The Morgan fingerprint density at radius 2 is 1.58 bits per heavy atom. The molecule has 2 heteroatoms. The summed E-state index contributed by atoms with van der Waals surface area (Å²) in [6, 6.07) is 0. The predicted molar refractivity (Wildman–Crippen MR) is 103 cm³/mol.